The van der Waals surface area contributed by atoms with Gasteiger partial charge in [0.2, 0.25) is 0 Å². The van der Waals surface area contributed by atoms with E-state index >= 15 is 0 Å². The zero-order valence-corrected chi connectivity index (χ0v) is 14.8. The van der Waals surface area contributed by atoms with E-state index in [9.17, 15) is 0 Å². The molecule has 8 nitrogen and oxygen atoms in total. The molecule has 138 valence electrons. The Morgan fingerprint density at radius 1 is 0.667 bits per heavy atom. The molecule has 0 rings (SSSR count). The van der Waals surface area contributed by atoms with Gasteiger partial charge in [0.1, 0.15) is 22.8 Å². The van der Waals surface area contributed by atoms with Crippen molar-refractivity contribution in [3.05, 3.63) is 0 Å². The molecule has 0 aromatic heterocycles. The summed E-state index contributed by atoms with van der Waals surface area (Å²) in [4.78, 5) is 0. The standard InChI is InChI=1S/C16H30N4O4/c1-12(8-4-6-10-15(19-23)13(2)17-21)9-5-7-11-16(20-24)14(3)18-22/h12,21-24H,4-11H2,1-3H3/b17-13+,18-14+,19-15-,20-16+. The summed E-state index contributed by atoms with van der Waals surface area (Å²) in [5.74, 6) is 0.578. The maximum atomic E-state index is 8.85. The molecule has 0 amide bonds. The second-order valence-corrected chi connectivity index (χ2v) is 6.06. The Morgan fingerprint density at radius 3 is 1.33 bits per heavy atom. The molecule has 0 aromatic rings. The molecule has 24 heavy (non-hydrogen) atoms. The lowest BCUT2D eigenvalue weighted by atomic mass is 9.95. The highest BCUT2D eigenvalue weighted by Gasteiger charge is 2.08. The Hall–Kier alpha value is -2.12. The summed E-state index contributed by atoms with van der Waals surface area (Å²) in [7, 11) is 0. The highest BCUT2D eigenvalue weighted by atomic mass is 16.4. The molecular weight excluding hydrogens is 312 g/mol. The third-order valence-corrected chi connectivity index (χ3v) is 4.10. The quantitative estimate of drug-likeness (QED) is 0.184. The van der Waals surface area contributed by atoms with Crippen molar-refractivity contribution >= 4 is 22.8 Å². The van der Waals surface area contributed by atoms with E-state index in [1.54, 1.807) is 13.8 Å². The molecule has 0 aromatic carbocycles. The molecule has 0 fully saturated rings. The molecule has 0 spiro atoms. The van der Waals surface area contributed by atoms with Gasteiger partial charge in [0.25, 0.3) is 0 Å². The fraction of sp³-hybridized carbons (Fsp3) is 0.750. The summed E-state index contributed by atoms with van der Waals surface area (Å²) in [5.41, 5.74) is 1.52. The third kappa shape index (κ3) is 9.12. The number of rotatable bonds is 12. The van der Waals surface area contributed by atoms with Gasteiger partial charge in [-0.25, -0.2) is 0 Å². The first-order valence-corrected chi connectivity index (χ1v) is 8.30. The van der Waals surface area contributed by atoms with E-state index in [0.717, 1.165) is 38.5 Å². The van der Waals surface area contributed by atoms with Crippen LogP contribution < -0.4 is 0 Å². The van der Waals surface area contributed by atoms with E-state index < -0.39 is 0 Å². The summed E-state index contributed by atoms with van der Waals surface area (Å²) in [6.07, 6.45) is 7.12. The zero-order chi connectivity index (χ0) is 18.4. The fourth-order valence-electron chi connectivity index (χ4n) is 2.44. The van der Waals surface area contributed by atoms with Crippen LogP contribution in [0, 0.1) is 5.92 Å². The lowest BCUT2D eigenvalue weighted by molar-refractivity contribution is 0.312. The van der Waals surface area contributed by atoms with Crippen LogP contribution in [0.15, 0.2) is 20.6 Å². The van der Waals surface area contributed by atoms with Crippen LogP contribution in [0.4, 0.5) is 0 Å². The van der Waals surface area contributed by atoms with Gasteiger partial charge >= 0.3 is 0 Å². The van der Waals surface area contributed by atoms with Crippen molar-refractivity contribution in [3.63, 3.8) is 0 Å². The van der Waals surface area contributed by atoms with Gasteiger partial charge in [0.15, 0.2) is 0 Å². The van der Waals surface area contributed by atoms with E-state index in [0.29, 0.717) is 41.6 Å². The molecule has 0 bridgehead atoms. The van der Waals surface area contributed by atoms with Crippen LogP contribution in [0.3, 0.4) is 0 Å². The Kier molecular flexibility index (Phi) is 12.2. The molecule has 1 unspecified atom stereocenters. The summed E-state index contributed by atoms with van der Waals surface area (Å²) < 4.78 is 0. The van der Waals surface area contributed by atoms with Crippen LogP contribution in [0.25, 0.3) is 0 Å². The van der Waals surface area contributed by atoms with Gasteiger partial charge in [-0.1, -0.05) is 53.2 Å². The van der Waals surface area contributed by atoms with Crippen molar-refractivity contribution in [2.24, 2.45) is 26.5 Å². The van der Waals surface area contributed by atoms with Crippen molar-refractivity contribution in [1.29, 1.82) is 0 Å². The molecule has 8 heteroatoms. The Balaban J connectivity index is 3.87. The van der Waals surface area contributed by atoms with Crippen molar-refractivity contribution in [3.8, 4) is 0 Å². The third-order valence-electron chi connectivity index (χ3n) is 4.10. The van der Waals surface area contributed by atoms with Crippen molar-refractivity contribution < 1.29 is 20.8 Å². The molecule has 0 saturated heterocycles. The topological polar surface area (TPSA) is 130 Å². The number of nitrogens with zero attached hydrogens (tertiary/aromatic N) is 4. The van der Waals surface area contributed by atoms with E-state index in [2.05, 4.69) is 27.5 Å². The minimum atomic E-state index is 0.341. The number of hydrogen-bond donors (Lipinski definition) is 4. The molecule has 0 aliphatic rings. The minimum absolute atomic E-state index is 0.341. The highest BCUT2D eigenvalue weighted by Crippen LogP contribution is 2.17. The number of hydrogen-bond acceptors (Lipinski definition) is 8. The predicted octanol–water partition coefficient (Wildman–Crippen LogP) is 4.10. The van der Waals surface area contributed by atoms with Gasteiger partial charge < -0.3 is 20.8 Å². The van der Waals surface area contributed by atoms with Crippen molar-refractivity contribution in [2.75, 3.05) is 0 Å². The smallest absolute Gasteiger partial charge is 0.104 e. The van der Waals surface area contributed by atoms with Gasteiger partial charge in [-0.3, -0.25) is 0 Å². The van der Waals surface area contributed by atoms with Crippen LogP contribution >= 0.6 is 0 Å². The predicted molar refractivity (Wildman–Crippen MR) is 94.3 cm³/mol. The number of oxime groups is 4. The Labute approximate surface area is 143 Å². The van der Waals surface area contributed by atoms with Crippen LogP contribution in [-0.2, 0) is 0 Å². The second kappa shape index (κ2) is 13.3. The SMILES string of the molecule is CC(=N\O)/C(CCCCC(C)CCCCC(=N\O)/C(C)=N/O)=N\O. The average molecular weight is 342 g/mol. The van der Waals surface area contributed by atoms with Crippen LogP contribution in [0.5, 0.6) is 0 Å². The van der Waals surface area contributed by atoms with Crippen LogP contribution in [-0.4, -0.2) is 43.7 Å². The Morgan fingerprint density at radius 2 is 1.04 bits per heavy atom. The number of unbranched alkanes of at least 4 members (excludes halogenated alkanes) is 2. The monoisotopic (exact) mass is 342 g/mol. The van der Waals surface area contributed by atoms with Gasteiger partial charge in [0, 0.05) is 0 Å². The van der Waals surface area contributed by atoms with E-state index in [1.807, 2.05) is 0 Å². The molecule has 0 heterocycles. The lowest BCUT2D eigenvalue weighted by Gasteiger charge is -2.11. The largest absolute Gasteiger partial charge is 0.411 e. The molecule has 0 radical (unpaired) electrons. The van der Waals surface area contributed by atoms with Gasteiger partial charge in [-0.05, 0) is 45.4 Å². The lowest BCUT2D eigenvalue weighted by Crippen LogP contribution is -2.11. The maximum absolute atomic E-state index is 8.85. The normalized spacial score (nSPS) is 15.6. The Bertz CT molecular complexity index is 431. The van der Waals surface area contributed by atoms with Crippen molar-refractivity contribution in [2.45, 2.75) is 72.1 Å². The van der Waals surface area contributed by atoms with Crippen molar-refractivity contribution in [1.82, 2.24) is 0 Å². The molecule has 0 aliphatic carbocycles. The second-order valence-electron chi connectivity index (χ2n) is 6.06. The van der Waals surface area contributed by atoms with Crippen LogP contribution in [0.1, 0.15) is 72.1 Å². The zero-order valence-electron chi connectivity index (χ0n) is 14.8. The molecule has 4 N–H and O–H groups in total. The minimum Gasteiger partial charge on any atom is -0.411 e. The first kappa shape index (κ1) is 21.9. The van der Waals surface area contributed by atoms with E-state index in [1.165, 1.54) is 0 Å². The van der Waals surface area contributed by atoms with Gasteiger partial charge in [-0.2, -0.15) is 0 Å². The van der Waals surface area contributed by atoms with E-state index in [-0.39, 0.29) is 0 Å². The summed E-state index contributed by atoms with van der Waals surface area (Å²) in [6, 6.07) is 0. The fourth-order valence-corrected chi connectivity index (χ4v) is 2.44. The molecule has 0 aliphatic heterocycles. The van der Waals surface area contributed by atoms with E-state index in [4.69, 9.17) is 20.8 Å². The summed E-state index contributed by atoms with van der Waals surface area (Å²) in [5, 5.41) is 47.4. The summed E-state index contributed by atoms with van der Waals surface area (Å²) in [6.45, 7) is 5.40. The highest BCUT2D eigenvalue weighted by molar-refractivity contribution is 6.41. The van der Waals surface area contributed by atoms with Gasteiger partial charge in [0.05, 0.1) is 0 Å². The van der Waals surface area contributed by atoms with Crippen LogP contribution in [0.2, 0.25) is 0 Å². The molecule has 0 saturated carbocycles. The molecular formula is C16H30N4O4. The summed E-state index contributed by atoms with van der Waals surface area (Å²) >= 11 is 0. The first-order valence-electron chi connectivity index (χ1n) is 8.30. The first-order chi connectivity index (χ1) is 11.5. The van der Waals surface area contributed by atoms with Gasteiger partial charge in [-0.15, -0.1) is 0 Å². The maximum Gasteiger partial charge on any atom is 0.104 e. The average Bonchev–Trinajstić information content (AvgIpc) is 2.60. The molecule has 1 atom stereocenters.